The van der Waals surface area contributed by atoms with Gasteiger partial charge in [-0.3, -0.25) is 0 Å². The molecule has 4 N–H and O–H groups in total. The maximum absolute atomic E-state index is 9.72. The lowest BCUT2D eigenvalue weighted by molar-refractivity contribution is 0.373. The average molecular weight is 429 g/mol. The van der Waals surface area contributed by atoms with Crippen LogP contribution in [0.2, 0.25) is 0 Å². The van der Waals surface area contributed by atoms with E-state index < -0.39 is 0 Å². The van der Waals surface area contributed by atoms with Crippen LogP contribution >= 0.6 is 24.0 Å². The third-order valence-electron chi connectivity index (χ3n) is 3.04. The van der Waals surface area contributed by atoms with E-state index in [2.05, 4.69) is 10.3 Å². The lowest BCUT2D eigenvalue weighted by Crippen LogP contribution is -2.22. The molecule has 0 amide bonds. The lowest BCUT2D eigenvalue weighted by Gasteiger charge is -2.10. The summed E-state index contributed by atoms with van der Waals surface area (Å²) in [7, 11) is 3.09. The standard InChI is InChI=1S/C16H19N3O3.HI/c1-21-14-6-4-3-5-12(14)19-16(17)18-10-11-7-8-15(22-2)13(20)9-11;/h3-9,20H,10H2,1-2H3,(H3,17,18,19);1H. The number of aliphatic imine (C=N–C) groups is 1. The van der Waals surface area contributed by atoms with Crippen LogP contribution in [0.4, 0.5) is 5.69 Å². The fraction of sp³-hybridized carbons (Fsp3) is 0.188. The van der Waals surface area contributed by atoms with Gasteiger partial charge in [0.2, 0.25) is 0 Å². The number of para-hydroxylation sites is 2. The minimum absolute atomic E-state index is 0. The quantitative estimate of drug-likeness (QED) is 0.387. The Kier molecular flexibility index (Phi) is 7.46. The molecule has 0 heterocycles. The largest absolute Gasteiger partial charge is 0.504 e. The van der Waals surface area contributed by atoms with Crippen molar-refractivity contribution in [3.8, 4) is 17.2 Å². The Morgan fingerprint density at radius 1 is 1.13 bits per heavy atom. The minimum atomic E-state index is 0. The number of phenolic OH excluding ortho intramolecular Hbond substituents is 1. The molecule has 2 aromatic carbocycles. The van der Waals surface area contributed by atoms with Gasteiger partial charge in [-0.05, 0) is 29.8 Å². The Hall–Kier alpha value is -2.16. The van der Waals surface area contributed by atoms with Gasteiger partial charge in [-0.1, -0.05) is 18.2 Å². The first-order valence-electron chi connectivity index (χ1n) is 6.70. The van der Waals surface area contributed by atoms with Crippen LogP contribution in [0.1, 0.15) is 5.56 Å². The molecule has 0 radical (unpaired) electrons. The lowest BCUT2D eigenvalue weighted by atomic mass is 10.2. The first-order valence-corrected chi connectivity index (χ1v) is 6.70. The van der Waals surface area contributed by atoms with Gasteiger partial charge in [0.1, 0.15) is 5.75 Å². The number of guanidine groups is 1. The Labute approximate surface area is 152 Å². The number of nitrogens with zero attached hydrogens (tertiary/aromatic N) is 1. The van der Waals surface area contributed by atoms with Crippen molar-refractivity contribution in [2.75, 3.05) is 19.5 Å². The highest BCUT2D eigenvalue weighted by Gasteiger charge is 2.04. The number of hydrogen-bond acceptors (Lipinski definition) is 4. The van der Waals surface area contributed by atoms with Crippen molar-refractivity contribution in [2.24, 2.45) is 10.7 Å². The van der Waals surface area contributed by atoms with Crippen molar-refractivity contribution in [3.05, 3.63) is 48.0 Å². The third-order valence-corrected chi connectivity index (χ3v) is 3.04. The second kappa shape index (κ2) is 9.09. The Morgan fingerprint density at radius 2 is 1.83 bits per heavy atom. The number of phenols is 1. The molecule has 0 saturated heterocycles. The maximum Gasteiger partial charge on any atom is 0.193 e. The fourth-order valence-corrected chi connectivity index (χ4v) is 1.94. The number of benzene rings is 2. The highest BCUT2D eigenvalue weighted by atomic mass is 127. The zero-order chi connectivity index (χ0) is 15.9. The number of methoxy groups -OCH3 is 2. The molecule has 0 aromatic heterocycles. The van der Waals surface area contributed by atoms with E-state index in [-0.39, 0.29) is 35.7 Å². The van der Waals surface area contributed by atoms with Gasteiger partial charge in [0, 0.05) is 0 Å². The predicted octanol–water partition coefficient (Wildman–Crippen LogP) is 2.95. The van der Waals surface area contributed by atoms with Gasteiger partial charge < -0.3 is 25.6 Å². The van der Waals surface area contributed by atoms with Gasteiger partial charge >= 0.3 is 0 Å². The normalized spacial score (nSPS) is 10.6. The predicted molar refractivity (Wildman–Crippen MR) is 102 cm³/mol. The molecule has 2 aromatic rings. The zero-order valence-corrected chi connectivity index (χ0v) is 15.3. The van der Waals surface area contributed by atoms with E-state index in [4.69, 9.17) is 15.2 Å². The summed E-state index contributed by atoms with van der Waals surface area (Å²) >= 11 is 0. The van der Waals surface area contributed by atoms with Crippen LogP contribution in [0.25, 0.3) is 0 Å². The van der Waals surface area contributed by atoms with Crippen LogP contribution in [-0.4, -0.2) is 25.3 Å². The van der Waals surface area contributed by atoms with E-state index in [0.29, 0.717) is 18.0 Å². The van der Waals surface area contributed by atoms with E-state index in [9.17, 15) is 5.11 Å². The van der Waals surface area contributed by atoms with Crippen LogP contribution in [0.15, 0.2) is 47.5 Å². The Morgan fingerprint density at radius 3 is 2.48 bits per heavy atom. The SMILES string of the molecule is COc1ccc(CN=C(N)Nc2ccccc2OC)cc1O.I. The summed E-state index contributed by atoms with van der Waals surface area (Å²) in [6.07, 6.45) is 0. The topological polar surface area (TPSA) is 89.1 Å². The number of halogens is 1. The fourth-order valence-electron chi connectivity index (χ4n) is 1.94. The van der Waals surface area contributed by atoms with Crippen LogP contribution in [0.3, 0.4) is 0 Å². The molecule has 2 rings (SSSR count). The van der Waals surface area contributed by atoms with Gasteiger partial charge in [-0.15, -0.1) is 24.0 Å². The molecule has 0 spiro atoms. The molecule has 0 bridgehead atoms. The zero-order valence-electron chi connectivity index (χ0n) is 12.9. The number of aromatic hydroxyl groups is 1. The van der Waals surface area contributed by atoms with Crippen molar-refractivity contribution in [2.45, 2.75) is 6.54 Å². The van der Waals surface area contributed by atoms with Crippen molar-refractivity contribution < 1.29 is 14.6 Å². The van der Waals surface area contributed by atoms with E-state index in [1.165, 1.54) is 7.11 Å². The third kappa shape index (κ3) is 5.20. The molecule has 0 aliphatic rings. The van der Waals surface area contributed by atoms with E-state index >= 15 is 0 Å². The number of hydrogen-bond donors (Lipinski definition) is 3. The number of anilines is 1. The first kappa shape index (κ1) is 18.9. The number of rotatable bonds is 5. The minimum Gasteiger partial charge on any atom is -0.504 e. The van der Waals surface area contributed by atoms with E-state index in [0.717, 1.165) is 11.3 Å². The monoisotopic (exact) mass is 429 g/mol. The van der Waals surface area contributed by atoms with Gasteiger partial charge in [0.05, 0.1) is 26.5 Å². The number of nitrogens with two attached hydrogens (primary N) is 1. The van der Waals surface area contributed by atoms with E-state index in [1.807, 2.05) is 30.3 Å². The molecule has 0 aliphatic carbocycles. The van der Waals surface area contributed by atoms with E-state index in [1.54, 1.807) is 19.2 Å². The summed E-state index contributed by atoms with van der Waals surface area (Å²) in [5.74, 6) is 1.45. The highest BCUT2D eigenvalue weighted by molar-refractivity contribution is 14.0. The summed E-state index contributed by atoms with van der Waals surface area (Å²) in [6, 6.07) is 12.5. The molecule has 124 valence electrons. The second-order valence-electron chi connectivity index (χ2n) is 4.53. The Bertz CT molecular complexity index is 677. The summed E-state index contributed by atoms with van der Waals surface area (Å²) in [5.41, 5.74) is 7.43. The maximum atomic E-state index is 9.72. The molecule has 0 atom stereocenters. The van der Waals surface area contributed by atoms with Crippen molar-refractivity contribution in [1.82, 2.24) is 0 Å². The van der Waals surface area contributed by atoms with Crippen LogP contribution in [0, 0.1) is 0 Å². The van der Waals surface area contributed by atoms with Crippen molar-refractivity contribution in [3.63, 3.8) is 0 Å². The molecule has 0 unspecified atom stereocenters. The summed E-state index contributed by atoms with van der Waals surface area (Å²) in [6.45, 7) is 0.339. The van der Waals surface area contributed by atoms with Gasteiger partial charge in [0.15, 0.2) is 17.5 Å². The summed E-state index contributed by atoms with van der Waals surface area (Å²) in [4.78, 5) is 4.24. The molecule has 0 fully saturated rings. The second-order valence-corrected chi connectivity index (χ2v) is 4.53. The van der Waals surface area contributed by atoms with Crippen molar-refractivity contribution >= 4 is 35.6 Å². The van der Waals surface area contributed by atoms with Gasteiger partial charge in [-0.25, -0.2) is 4.99 Å². The average Bonchev–Trinajstić information content (AvgIpc) is 2.53. The smallest absolute Gasteiger partial charge is 0.193 e. The van der Waals surface area contributed by atoms with Gasteiger partial charge in [-0.2, -0.15) is 0 Å². The molecular formula is C16H20IN3O3. The summed E-state index contributed by atoms with van der Waals surface area (Å²) in [5, 5.41) is 12.7. The molecule has 0 aliphatic heterocycles. The number of ether oxygens (including phenoxy) is 2. The van der Waals surface area contributed by atoms with Crippen LogP contribution in [0.5, 0.6) is 17.2 Å². The molecule has 0 saturated carbocycles. The molecule has 6 nitrogen and oxygen atoms in total. The highest BCUT2D eigenvalue weighted by Crippen LogP contribution is 2.26. The molecule has 7 heteroatoms. The molecular weight excluding hydrogens is 409 g/mol. The summed E-state index contributed by atoms with van der Waals surface area (Å²) < 4.78 is 10.2. The first-order chi connectivity index (χ1) is 10.6. The Balaban J connectivity index is 0.00000264. The molecule has 23 heavy (non-hydrogen) atoms. The van der Waals surface area contributed by atoms with Crippen LogP contribution < -0.4 is 20.5 Å². The number of nitrogens with one attached hydrogen (secondary N) is 1. The van der Waals surface area contributed by atoms with Crippen molar-refractivity contribution in [1.29, 1.82) is 0 Å². The van der Waals surface area contributed by atoms with Crippen LogP contribution in [-0.2, 0) is 6.54 Å². The van der Waals surface area contributed by atoms with Gasteiger partial charge in [0.25, 0.3) is 0 Å².